The van der Waals surface area contributed by atoms with Crippen molar-refractivity contribution in [3.63, 3.8) is 0 Å². The number of urea groups is 1. The Labute approximate surface area is 178 Å². The number of nitrogens with zero attached hydrogens (tertiary/aromatic N) is 5. The minimum atomic E-state index is -0.318. The van der Waals surface area contributed by atoms with Gasteiger partial charge in [-0.1, -0.05) is 6.92 Å². The Morgan fingerprint density at radius 3 is 2.52 bits per heavy atom. The van der Waals surface area contributed by atoms with Crippen molar-refractivity contribution in [3.8, 4) is 17.1 Å². The second-order valence-corrected chi connectivity index (χ2v) is 7.10. The number of anilines is 1. The van der Waals surface area contributed by atoms with Gasteiger partial charge in [0.25, 0.3) is 5.56 Å². The lowest BCUT2D eigenvalue weighted by molar-refractivity contribution is 0.252. The number of carbonyl (C=O) groups is 1. The second kappa shape index (κ2) is 8.39. The first-order chi connectivity index (χ1) is 15.0. The fourth-order valence-corrected chi connectivity index (χ4v) is 3.23. The highest BCUT2D eigenvalue weighted by Crippen LogP contribution is 2.29. The maximum Gasteiger partial charge on any atom is 0.319 e. The van der Waals surface area contributed by atoms with E-state index in [1.165, 1.54) is 4.57 Å². The van der Waals surface area contributed by atoms with E-state index >= 15 is 0 Å². The molecule has 0 radical (unpaired) electrons. The largest absolute Gasteiger partial charge is 0.338 e. The van der Waals surface area contributed by atoms with Crippen LogP contribution in [0.3, 0.4) is 0 Å². The molecule has 4 aromatic heterocycles. The number of rotatable bonds is 5. The van der Waals surface area contributed by atoms with Gasteiger partial charge in [-0.05, 0) is 36.6 Å². The van der Waals surface area contributed by atoms with Crippen molar-refractivity contribution in [3.05, 3.63) is 65.1 Å². The molecule has 9 nitrogen and oxygen atoms in total. The summed E-state index contributed by atoms with van der Waals surface area (Å²) < 4.78 is 3.30. The Morgan fingerprint density at radius 2 is 1.84 bits per heavy atom. The summed E-state index contributed by atoms with van der Waals surface area (Å²) in [5.74, 6) is 0.467. The zero-order valence-corrected chi connectivity index (χ0v) is 17.6. The average Bonchev–Trinajstić information content (AvgIpc) is 3.13. The molecule has 158 valence electrons. The van der Waals surface area contributed by atoms with Gasteiger partial charge >= 0.3 is 6.03 Å². The molecule has 0 saturated heterocycles. The molecule has 0 saturated carbocycles. The van der Waals surface area contributed by atoms with E-state index in [0.717, 1.165) is 23.1 Å². The molecule has 4 rings (SSSR count). The lowest BCUT2D eigenvalue weighted by Gasteiger charge is -2.06. The molecule has 0 aromatic carbocycles. The van der Waals surface area contributed by atoms with Crippen molar-refractivity contribution >= 4 is 22.8 Å². The van der Waals surface area contributed by atoms with Crippen LogP contribution in [0, 0.1) is 0 Å². The number of aryl methyl sites for hydroxylation is 2. The molecular weight excluding hydrogens is 394 g/mol. The lowest BCUT2D eigenvalue weighted by Crippen LogP contribution is -2.28. The van der Waals surface area contributed by atoms with Crippen LogP contribution >= 0.6 is 0 Å². The second-order valence-electron chi connectivity index (χ2n) is 7.10. The van der Waals surface area contributed by atoms with Gasteiger partial charge in [-0.2, -0.15) is 0 Å². The number of aromatic nitrogens is 5. The fraction of sp³-hybridized carbons (Fsp3) is 0.227. The Hall–Kier alpha value is -4.01. The van der Waals surface area contributed by atoms with Crippen LogP contribution in [0.25, 0.3) is 28.1 Å². The van der Waals surface area contributed by atoms with Gasteiger partial charge in [0.15, 0.2) is 0 Å². The molecule has 0 atom stereocenters. The maximum atomic E-state index is 12.1. The van der Waals surface area contributed by atoms with E-state index in [1.807, 2.05) is 26.0 Å². The average molecular weight is 417 g/mol. The SMILES string of the molecule is CCNC(=O)Nc1cn(-c2ncc(CC)cn2)c2cc(-c3ccn(C)c(=O)c3)cnc12. The summed E-state index contributed by atoms with van der Waals surface area (Å²) in [5.41, 5.74) is 4.31. The van der Waals surface area contributed by atoms with E-state index in [4.69, 9.17) is 0 Å². The molecule has 4 heterocycles. The molecule has 0 aliphatic carbocycles. The van der Waals surface area contributed by atoms with Crippen molar-refractivity contribution < 1.29 is 4.79 Å². The third-order valence-electron chi connectivity index (χ3n) is 4.98. The molecule has 0 spiro atoms. The van der Waals surface area contributed by atoms with E-state index < -0.39 is 0 Å². The molecular formula is C22H23N7O2. The number of nitrogens with one attached hydrogen (secondary N) is 2. The summed E-state index contributed by atoms with van der Waals surface area (Å²) in [5, 5.41) is 5.55. The first kappa shape index (κ1) is 20.3. The van der Waals surface area contributed by atoms with Gasteiger partial charge in [-0.15, -0.1) is 0 Å². The minimum absolute atomic E-state index is 0.106. The van der Waals surface area contributed by atoms with E-state index in [0.29, 0.717) is 29.2 Å². The van der Waals surface area contributed by atoms with Gasteiger partial charge in [-0.3, -0.25) is 14.3 Å². The molecule has 2 amide bonds. The van der Waals surface area contributed by atoms with Gasteiger partial charge in [-0.25, -0.2) is 14.8 Å². The predicted molar refractivity (Wildman–Crippen MR) is 119 cm³/mol. The standard InChI is InChI=1S/C22H23N7O2/c1-4-14-10-25-21(26-11-14)29-13-17(27-22(31)23-5-2)20-18(29)8-16(12-24-20)15-6-7-28(3)19(30)9-15/h6-13H,4-5H2,1-3H3,(H2,23,27,31). The smallest absolute Gasteiger partial charge is 0.319 e. The number of pyridine rings is 2. The monoisotopic (exact) mass is 417 g/mol. The normalized spacial score (nSPS) is 10.9. The molecule has 0 bridgehead atoms. The zero-order valence-electron chi connectivity index (χ0n) is 17.6. The van der Waals surface area contributed by atoms with E-state index in [9.17, 15) is 9.59 Å². The van der Waals surface area contributed by atoms with Crippen LogP contribution in [0.2, 0.25) is 0 Å². The molecule has 2 N–H and O–H groups in total. The van der Waals surface area contributed by atoms with Crippen LogP contribution in [-0.4, -0.2) is 36.7 Å². The van der Waals surface area contributed by atoms with E-state index in [1.54, 1.807) is 48.7 Å². The van der Waals surface area contributed by atoms with Crippen LogP contribution < -0.4 is 16.2 Å². The number of amides is 2. The Morgan fingerprint density at radius 1 is 1.06 bits per heavy atom. The molecule has 0 unspecified atom stereocenters. The molecule has 9 heteroatoms. The maximum absolute atomic E-state index is 12.1. The number of fused-ring (bicyclic) bond motifs is 1. The molecule has 4 aromatic rings. The zero-order chi connectivity index (χ0) is 22.0. The number of hydrogen-bond donors (Lipinski definition) is 2. The minimum Gasteiger partial charge on any atom is -0.338 e. The van der Waals surface area contributed by atoms with Crippen LogP contribution in [0.15, 0.2) is 54.0 Å². The highest BCUT2D eigenvalue weighted by molar-refractivity contribution is 6.00. The number of carbonyl (C=O) groups excluding carboxylic acids is 1. The predicted octanol–water partition coefficient (Wildman–Crippen LogP) is 2.89. The van der Waals surface area contributed by atoms with Crippen LogP contribution in [0.4, 0.5) is 10.5 Å². The Kier molecular flexibility index (Phi) is 5.48. The summed E-state index contributed by atoms with van der Waals surface area (Å²) in [6.45, 7) is 4.39. The number of hydrogen-bond acceptors (Lipinski definition) is 5. The Balaban J connectivity index is 1.87. The van der Waals surface area contributed by atoms with E-state index in [2.05, 4.69) is 25.6 Å². The van der Waals surface area contributed by atoms with Crippen molar-refractivity contribution in [2.45, 2.75) is 20.3 Å². The van der Waals surface area contributed by atoms with Crippen LogP contribution in [0.1, 0.15) is 19.4 Å². The van der Waals surface area contributed by atoms with Crippen LogP contribution in [0.5, 0.6) is 0 Å². The third kappa shape index (κ3) is 4.02. The molecule has 0 aliphatic heterocycles. The third-order valence-corrected chi connectivity index (χ3v) is 4.98. The van der Waals surface area contributed by atoms with Gasteiger partial charge in [0.05, 0.1) is 11.2 Å². The first-order valence-electron chi connectivity index (χ1n) is 10.0. The van der Waals surface area contributed by atoms with Gasteiger partial charge < -0.3 is 15.2 Å². The van der Waals surface area contributed by atoms with E-state index in [-0.39, 0.29) is 11.6 Å². The van der Waals surface area contributed by atoms with Crippen molar-refractivity contribution in [1.29, 1.82) is 0 Å². The molecule has 0 aliphatic rings. The Bertz CT molecular complexity index is 1310. The summed E-state index contributed by atoms with van der Waals surface area (Å²) >= 11 is 0. The highest BCUT2D eigenvalue weighted by atomic mass is 16.2. The van der Waals surface area contributed by atoms with Crippen molar-refractivity contribution in [1.82, 2.24) is 29.4 Å². The summed E-state index contributed by atoms with van der Waals surface area (Å²) in [7, 11) is 1.70. The lowest BCUT2D eigenvalue weighted by atomic mass is 10.1. The van der Waals surface area contributed by atoms with Crippen LogP contribution in [-0.2, 0) is 13.5 Å². The molecule has 31 heavy (non-hydrogen) atoms. The van der Waals surface area contributed by atoms with Gasteiger partial charge in [0.2, 0.25) is 5.95 Å². The highest BCUT2D eigenvalue weighted by Gasteiger charge is 2.16. The topological polar surface area (TPSA) is 107 Å². The molecule has 0 fully saturated rings. The summed E-state index contributed by atoms with van der Waals surface area (Å²) in [6, 6.07) is 5.02. The quantitative estimate of drug-likeness (QED) is 0.519. The van der Waals surface area contributed by atoms with Crippen molar-refractivity contribution in [2.24, 2.45) is 7.05 Å². The fourth-order valence-electron chi connectivity index (χ4n) is 3.23. The van der Waals surface area contributed by atoms with Crippen molar-refractivity contribution in [2.75, 3.05) is 11.9 Å². The summed E-state index contributed by atoms with van der Waals surface area (Å²) in [4.78, 5) is 37.7. The van der Waals surface area contributed by atoms with Gasteiger partial charge in [0.1, 0.15) is 5.52 Å². The summed E-state index contributed by atoms with van der Waals surface area (Å²) in [6.07, 6.45) is 9.56. The first-order valence-corrected chi connectivity index (χ1v) is 10.0. The van der Waals surface area contributed by atoms with Gasteiger partial charge in [0, 0.05) is 56.2 Å².